The van der Waals surface area contributed by atoms with Gasteiger partial charge >= 0.3 is 0 Å². The van der Waals surface area contributed by atoms with Crippen LogP contribution < -0.4 is 10.5 Å². The van der Waals surface area contributed by atoms with Crippen molar-refractivity contribution in [3.8, 4) is 0 Å². The molecule has 0 radical (unpaired) electrons. The molecule has 1 heterocycles. The molecule has 0 saturated heterocycles. The van der Waals surface area contributed by atoms with E-state index in [4.69, 9.17) is 0 Å². The third kappa shape index (κ3) is 5.45. The third-order valence-electron chi connectivity index (χ3n) is 4.85. The van der Waals surface area contributed by atoms with E-state index >= 15 is 0 Å². The lowest BCUT2D eigenvalue weighted by Gasteiger charge is -2.34. The van der Waals surface area contributed by atoms with Crippen molar-refractivity contribution in [3.63, 3.8) is 0 Å². The molecule has 27 heavy (non-hydrogen) atoms. The number of nitrogens with zero attached hydrogens (tertiary/aromatic N) is 2. The van der Waals surface area contributed by atoms with Crippen LogP contribution in [-0.4, -0.2) is 27.7 Å². The first-order chi connectivity index (χ1) is 13.2. The second kappa shape index (κ2) is 9.74. The van der Waals surface area contributed by atoms with E-state index < -0.39 is 0 Å². The van der Waals surface area contributed by atoms with Gasteiger partial charge in [0.2, 0.25) is 5.91 Å². The van der Waals surface area contributed by atoms with Gasteiger partial charge in [-0.2, -0.15) is 0 Å². The number of amides is 1. The predicted molar refractivity (Wildman–Crippen MR) is 110 cm³/mol. The second-order valence-electron chi connectivity index (χ2n) is 6.97. The van der Waals surface area contributed by atoms with E-state index in [9.17, 15) is 9.59 Å². The van der Waals surface area contributed by atoms with Gasteiger partial charge in [-0.3, -0.25) is 9.59 Å². The predicted octanol–water partition coefficient (Wildman–Crippen LogP) is 4.18. The summed E-state index contributed by atoms with van der Waals surface area (Å²) in [6.07, 6.45) is 7.38. The fourth-order valence-electron chi connectivity index (χ4n) is 3.62. The summed E-state index contributed by atoms with van der Waals surface area (Å²) in [5.41, 5.74) is 1.58. The Balaban J connectivity index is 1.74. The zero-order valence-electron chi connectivity index (χ0n) is 15.8. The number of aromatic amines is 1. The number of benzene rings is 1. The first-order valence-corrected chi connectivity index (χ1v) is 10.8. The van der Waals surface area contributed by atoms with E-state index in [1.54, 1.807) is 0 Å². The van der Waals surface area contributed by atoms with Crippen molar-refractivity contribution in [1.29, 1.82) is 0 Å². The smallest absolute Gasteiger partial charge is 0.251 e. The lowest BCUT2D eigenvalue weighted by molar-refractivity contribution is -0.116. The number of nitrogens with one attached hydrogen (secondary N) is 1. The van der Waals surface area contributed by atoms with Gasteiger partial charge in [-0.1, -0.05) is 62.6 Å². The lowest BCUT2D eigenvalue weighted by Crippen LogP contribution is -2.42. The quantitative estimate of drug-likeness (QED) is 0.573. The van der Waals surface area contributed by atoms with Crippen molar-refractivity contribution in [2.75, 3.05) is 10.7 Å². The average molecular weight is 386 g/mol. The number of thioether (sulfide) groups is 1. The lowest BCUT2D eigenvalue weighted by atomic mass is 9.93. The summed E-state index contributed by atoms with van der Waals surface area (Å²) in [7, 11) is 0. The number of hydrogen-bond donors (Lipinski definition) is 1. The molecule has 0 atom stereocenters. The number of rotatable bonds is 7. The summed E-state index contributed by atoms with van der Waals surface area (Å²) in [5, 5.41) is 0.524. The Bertz CT molecular complexity index is 801. The molecule has 1 aromatic carbocycles. The molecule has 3 rings (SSSR count). The van der Waals surface area contributed by atoms with E-state index in [-0.39, 0.29) is 23.3 Å². The summed E-state index contributed by atoms with van der Waals surface area (Å²) < 4.78 is 0. The van der Waals surface area contributed by atoms with Crippen LogP contribution in [0.15, 0.2) is 46.3 Å². The summed E-state index contributed by atoms with van der Waals surface area (Å²) in [6.45, 7) is 2.06. The van der Waals surface area contributed by atoms with Gasteiger partial charge in [-0.25, -0.2) is 4.98 Å². The van der Waals surface area contributed by atoms with Gasteiger partial charge in [0.25, 0.3) is 5.56 Å². The molecule has 1 aliphatic carbocycles. The topological polar surface area (TPSA) is 66.1 Å². The zero-order chi connectivity index (χ0) is 19.1. The van der Waals surface area contributed by atoms with Crippen LogP contribution in [0.1, 0.15) is 51.1 Å². The summed E-state index contributed by atoms with van der Waals surface area (Å²) in [5.74, 6) is 0.339. The van der Waals surface area contributed by atoms with Gasteiger partial charge < -0.3 is 9.88 Å². The van der Waals surface area contributed by atoms with Crippen LogP contribution >= 0.6 is 11.8 Å². The Morgan fingerprint density at radius 1 is 1.22 bits per heavy atom. The van der Waals surface area contributed by atoms with E-state index in [0.29, 0.717) is 5.16 Å². The molecule has 1 saturated carbocycles. The number of aromatic nitrogens is 2. The minimum absolute atomic E-state index is 0.0710. The number of carbonyl (C=O) groups excluding carboxylic acids is 1. The van der Waals surface area contributed by atoms with Gasteiger partial charge in [0.1, 0.15) is 0 Å². The number of anilines is 1. The van der Waals surface area contributed by atoms with Crippen LogP contribution in [0, 0.1) is 0 Å². The fourth-order valence-corrected chi connectivity index (χ4v) is 4.38. The van der Waals surface area contributed by atoms with Crippen molar-refractivity contribution in [2.45, 2.75) is 63.1 Å². The largest absolute Gasteiger partial charge is 0.309 e. The number of para-hydroxylation sites is 1. The Morgan fingerprint density at radius 2 is 1.96 bits per heavy atom. The fraction of sp³-hybridized carbons (Fsp3) is 0.476. The standard InChI is InChI=1S/C21H27N3O2S/c1-2-9-16-14-19(25)23-21(22-16)27-15-20(26)24(17-10-5-3-6-11-17)18-12-7-4-8-13-18/h3,5-6,10-11,14,18H,2,4,7-9,12-13,15H2,1H3,(H,22,23,25). The number of carbonyl (C=O) groups is 1. The minimum atomic E-state index is -0.157. The minimum Gasteiger partial charge on any atom is -0.309 e. The van der Waals surface area contributed by atoms with Crippen LogP contribution in [0.5, 0.6) is 0 Å². The second-order valence-corrected chi connectivity index (χ2v) is 7.94. The molecule has 0 spiro atoms. The van der Waals surface area contributed by atoms with Crippen molar-refractivity contribution in [3.05, 3.63) is 52.4 Å². The number of aryl methyl sites for hydroxylation is 1. The molecule has 1 aromatic heterocycles. The molecule has 0 bridgehead atoms. The van der Waals surface area contributed by atoms with E-state index in [1.807, 2.05) is 35.2 Å². The van der Waals surface area contributed by atoms with E-state index in [1.165, 1.54) is 37.1 Å². The molecule has 1 amide bonds. The SMILES string of the molecule is CCCc1cc(=O)[nH]c(SCC(=O)N(c2ccccc2)C2CCCCC2)n1. The van der Waals surface area contributed by atoms with Crippen molar-refractivity contribution in [2.24, 2.45) is 0 Å². The van der Waals surface area contributed by atoms with Gasteiger partial charge in [0.05, 0.1) is 5.75 Å². The average Bonchev–Trinajstić information content (AvgIpc) is 2.68. The molecule has 5 nitrogen and oxygen atoms in total. The molecule has 0 aliphatic heterocycles. The van der Waals surface area contributed by atoms with Gasteiger partial charge in [0.15, 0.2) is 5.16 Å². The maximum absolute atomic E-state index is 13.1. The maximum atomic E-state index is 13.1. The van der Waals surface area contributed by atoms with Gasteiger partial charge in [-0.15, -0.1) is 0 Å². The number of H-pyrrole nitrogens is 1. The first-order valence-electron chi connectivity index (χ1n) is 9.77. The zero-order valence-corrected chi connectivity index (χ0v) is 16.6. The first kappa shape index (κ1) is 19.7. The van der Waals surface area contributed by atoms with Crippen molar-refractivity contribution < 1.29 is 4.79 Å². The highest BCUT2D eigenvalue weighted by Crippen LogP contribution is 2.28. The highest BCUT2D eigenvalue weighted by molar-refractivity contribution is 7.99. The molecule has 1 N–H and O–H groups in total. The van der Waals surface area contributed by atoms with E-state index in [0.717, 1.165) is 37.1 Å². The van der Waals surface area contributed by atoms with Crippen LogP contribution in [0.25, 0.3) is 0 Å². The molecule has 1 aliphatic rings. The Labute approximate surface area is 164 Å². The monoisotopic (exact) mass is 385 g/mol. The third-order valence-corrected chi connectivity index (χ3v) is 5.71. The molecular weight excluding hydrogens is 358 g/mol. The summed E-state index contributed by atoms with van der Waals surface area (Å²) in [4.78, 5) is 34.1. The molecule has 0 unspecified atom stereocenters. The summed E-state index contributed by atoms with van der Waals surface area (Å²) in [6, 6.07) is 11.7. The molecule has 6 heteroatoms. The van der Waals surface area contributed by atoms with Gasteiger partial charge in [-0.05, 0) is 31.4 Å². The van der Waals surface area contributed by atoms with Crippen LogP contribution in [0.3, 0.4) is 0 Å². The Morgan fingerprint density at radius 3 is 2.67 bits per heavy atom. The highest BCUT2D eigenvalue weighted by Gasteiger charge is 2.26. The maximum Gasteiger partial charge on any atom is 0.251 e. The Kier molecular flexibility index (Phi) is 7.10. The normalized spacial score (nSPS) is 14.9. The molecular formula is C21H27N3O2S. The molecule has 144 valence electrons. The van der Waals surface area contributed by atoms with Gasteiger partial charge in [0, 0.05) is 23.5 Å². The highest BCUT2D eigenvalue weighted by atomic mass is 32.2. The number of hydrogen-bond acceptors (Lipinski definition) is 4. The molecule has 2 aromatic rings. The summed E-state index contributed by atoms with van der Waals surface area (Å²) >= 11 is 1.31. The van der Waals surface area contributed by atoms with Crippen LogP contribution in [0.2, 0.25) is 0 Å². The van der Waals surface area contributed by atoms with Crippen molar-refractivity contribution in [1.82, 2.24) is 9.97 Å². The van der Waals surface area contributed by atoms with Crippen LogP contribution in [-0.2, 0) is 11.2 Å². The Hall–Kier alpha value is -2.08. The van der Waals surface area contributed by atoms with Crippen molar-refractivity contribution >= 4 is 23.4 Å². The van der Waals surface area contributed by atoms with Crippen LogP contribution in [0.4, 0.5) is 5.69 Å². The van der Waals surface area contributed by atoms with E-state index in [2.05, 4.69) is 16.9 Å². The molecule has 1 fully saturated rings.